The van der Waals surface area contributed by atoms with Gasteiger partial charge in [-0.2, -0.15) is 0 Å². The van der Waals surface area contributed by atoms with E-state index in [0.29, 0.717) is 6.54 Å². The van der Waals surface area contributed by atoms with E-state index in [2.05, 4.69) is 16.6 Å². The SMILES string of the molecule is C=CCNC(=O)CN(CC(=O)OC)C(C)C. The Morgan fingerprint density at radius 2 is 2.06 bits per heavy atom. The van der Waals surface area contributed by atoms with Crippen LogP contribution in [0.4, 0.5) is 0 Å². The Labute approximate surface area is 96.4 Å². The van der Waals surface area contributed by atoms with Crippen molar-refractivity contribution in [3.8, 4) is 0 Å². The van der Waals surface area contributed by atoms with Crippen LogP contribution in [-0.2, 0) is 14.3 Å². The van der Waals surface area contributed by atoms with Crippen molar-refractivity contribution in [1.82, 2.24) is 10.2 Å². The quantitative estimate of drug-likeness (QED) is 0.498. The minimum absolute atomic E-state index is 0.105. The second-order valence-electron chi connectivity index (χ2n) is 3.67. The van der Waals surface area contributed by atoms with Crippen molar-refractivity contribution >= 4 is 11.9 Å². The summed E-state index contributed by atoms with van der Waals surface area (Å²) in [7, 11) is 1.33. The number of nitrogens with zero attached hydrogens (tertiary/aromatic N) is 1. The molecule has 0 aromatic heterocycles. The van der Waals surface area contributed by atoms with Crippen LogP contribution in [0.2, 0.25) is 0 Å². The van der Waals surface area contributed by atoms with Crippen LogP contribution in [0.15, 0.2) is 12.7 Å². The van der Waals surface area contributed by atoms with E-state index in [1.165, 1.54) is 7.11 Å². The molecular weight excluding hydrogens is 208 g/mol. The summed E-state index contributed by atoms with van der Waals surface area (Å²) in [5, 5.41) is 2.66. The molecule has 0 atom stereocenters. The fourth-order valence-corrected chi connectivity index (χ4v) is 1.08. The molecule has 0 rings (SSSR count). The molecule has 0 heterocycles. The van der Waals surface area contributed by atoms with Gasteiger partial charge in [0, 0.05) is 12.6 Å². The molecule has 0 bridgehead atoms. The Kier molecular flexibility index (Phi) is 7.20. The van der Waals surface area contributed by atoms with E-state index in [9.17, 15) is 9.59 Å². The molecular formula is C11H20N2O3. The molecule has 5 heteroatoms. The van der Waals surface area contributed by atoms with Crippen molar-refractivity contribution in [3.05, 3.63) is 12.7 Å². The van der Waals surface area contributed by atoms with Crippen molar-refractivity contribution in [2.45, 2.75) is 19.9 Å². The predicted octanol–water partition coefficient (Wildman–Crippen LogP) is 0.172. The first-order chi connectivity index (χ1) is 7.51. The third-order valence-corrected chi connectivity index (χ3v) is 2.08. The average molecular weight is 228 g/mol. The van der Waals surface area contributed by atoms with Crippen molar-refractivity contribution in [2.24, 2.45) is 0 Å². The Morgan fingerprint density at radius 1 is 1.44 bits per heavy atom. The normalized spacial score (nSPS) is 10.3. The molecule has 0 aliphatic rings. The van der Waals surface area contributed by atoms with Crippen molar-refractivity contribution in [3.63, 3.8) is 0 Å². The maximum atomic E-state index is 11.4. The standard InChI is InChI=1S/C11H20N2O3/c1-5-6-12-10(14)7-13(9(2)3)8-11(15)16-4/h5,9H,1,6-8H2,2-4H3,(H,12,14). The lowest BCUT2D eigenvalue weighted by Crippen LogP contribution is -2.43. The van der Waals surface area contributed by atoms with Gasteiger partial charge in [-0.3, -0.25) is 14.5 Å². The minimum Gasteiger partial charge on any atom is -0.468 e. The summed E-state index contributed by atoms with van der Waals surface area (Å²) in [4.78, 5) is 24.3. The number of carbonyl (C=O) groups excluding carboxylic acids is 2. The number of hydrogen-bond acceptors (Lipinski definition) is 4. The van der Waals surface area contributed by atoms with Gasteiger partial charge in [0.25, 0.3) is 0 Å². The number of rotatable bonds is 7. The van der Waals surface area contributed by atoms with Gasteiger partial charge in [0.15, 0.2) is 0 Å². The molecule has 0 aromatic rings. The molecule has 0 radical (unpaired) electrons. The van der Waals surface area contributed by atoms with Crippen LogP contribution in [0.3, 0.4) is 0 Å². The molecule has 16 heavy (non-hydrogen) atoms. The summed E-state index contributed by atoms with van der Waals surface area (Å²) in [6.45, 7) is 8.08. The zero-order valence-electron chi connectivity index (χ0n) is 10.2. The van der Waals surface area contributed by atoms with E-state index in [1.54, 1.807) is 11.0 Å². The highest BCUT2D eigenvalue weighted by atomic mass is 16.5. The Hall–Kier alpha value is -1.36. The van der Waals surface area contributed by atoms with E-state index in [4.69, 9.17) is 0 Å². The highest BCUT2D eigenvalue weighted by Gasteiger charge is 2.17. The van der Waals surface area contributed by atoms with Gasteiger partial charge in [-0.05, 0) is 13.8 Å². The van der Waals surface area contributed by atoms with Crippen molar-refractivity contribution < 1.29 is 14.3 Å². The molecule has 0 aliphatic heterocycles. The summed E-state index contributed by atoms with van der Waals surface area (Å²) in [5.41, 5.74) is 0. The number of methoxy groups -OCH3 is 1. The zero-order chi connectivity index (χ0) is 12.6. The second kappa shape index (κ2) is 7.87. The van der Waals surface area contributed by atoms with Crippen LogP contribution in [0.1, 0.15) is 13.8 Å². The lowest BCUT2D eigenvalue weighted by Gasteiger charge is -2.24. The fraction of sp³-hybridized carbons (Fsp3) is 0.636. The van der Waals surface area contributed by atoms with Gasteiger partial charge in [-0.15, -0.1) is 6.58 Å². The summed E-state index contributed by atoms with van der Waals surface area (Å²) < 4.78 is 4.57. The maximum absolute atomic E-state index is 11.4. The minimum atomic E-state index is -0.342. The smallest absolute Gasteiger partial charge is 0.319 e. The first-order valence-electron chi connectivity index (χ1n) is 5.19. The number of ether oxygens (including phenoxy) is 1. The molecule has 0 spiro atoms. The molecule has 1 amide bonds. The van der Waals surface area contributed by atoms with E-state index < -0.39 is 0 Å². The molecule has 1 N–H and O–H groups in total. The average Bonchev–Trinajstić information content (AvgIpc) is 2.24. The van der Waals surface area contributed by atoms with E-state index in [-0.39, 0.29) is 31.0 Å². The Bertz CT molecular complexity index is 252. The molecule has 0 aromatic carbocycles. The van der Waals surface area contributed by atoms with E-state index >= 15 is 0 Å². The molecule has 0 fully saturated rings. The number of nitrogens with one attached hydrogen (secondary N) is 1. The van der Waals surface area contributed by atoms with Crippen LogP contribution < -0.4 is 5.32 Å². The molecule has 0 aliphatic carbocycles. The summed E-state index contributed by atoms with van der Waals surface area (Å²) in [6, 6.07) is 0.105. The number of esters is 1. The van der Waals surface area contributed by atoms with Gasteiger partial charge < -0.3 is 10.1 Å². The number of amides is 1. The van der Waals surface area contributed by atoms with Crippen molar-refractivity contribution in [2.75, 3.05) is 26.7 Å². The summed E-state index contributed by atoms with van der Waals surface area (Å²) in [6.07, 6.45) is 1.61. The molecule has 0 unspecified atom stereocenters. The van der Waals surface area contributed by atoms with Gasteiger partial charge in [0.1, 0.15) is 0 Å². The molecule has 5 nitrogen and oxygen atoms in total. The van der Waals surface area contributed by atoms with E-state index in [0.717, 1.165) is 0 Å². The highest BCUT2D eigenvalue weighted by molar-refractivity contribution is 5.79. The maximum Gasteiger partial charge on any atom is 0.319 e. The fourth-order valence-electron chi connectivity index (χ4n) is 1.08. The van der Waals surface area contributed by atoms with Gasteiger partial charge >= 0.3 is 5.97 Å². The van der Waals surface area contributed by atoms with E-state index in [1.807, 2.05) is 13.8 Å². The Morgan fingerprint density at radius 3 is 2.50 bits per heavy atom. The zero-order valence-corrected chi connectivity index (χ0v) is 10.2. The topological polar surface area (TPSA) is 58.6 Å². The monoisotopic (exact) mass is 228 g/mol. The predicted molar refractivity (Wildman–Crippen MR) is 61.9 cm³/mol. The lowest BCUT2D eigenvalue weighted by molar-refractivity contribution is -0.142. The molecule has 92 valence electrons. The van der Waals surface area contributed by atoms with Crippen LogP contribution in [0, 0.1) is 0 Å². The van der Waals surface area contributed by atoms with Gasteiger partial charge in [0.05, 0.1) is 20.2 Å². The van der Waals surface area contributed by atoms with Crippen LogP contribution in [0.25, 0.3) is 0 Å². The molecule has 0 saturated heterocycles. The number of carbonyl (C=O) groups is 2. The first-order valence-corrected chi connectivity index (χ1v) is 5.19. The largest absolute Gasteiger partial charge is 0.468 e. The highest BCUT2D eigenvalue weighted by Crippen LogP contribution is 1.97. The first kappa shape index (κ1) is 14.6. The van der Waals surface area contributed by atoms with Crippen molar-refractivity contribution in [1.29, 1.82) is 0 Å². The van der Waals surface area contributed by atoms with Gasteiger partial charge in [0.2, 0.25) is 5.91 Å². The van der Waals surface area contributed by atoms with Crippen LogP contribution in [-0.4, -0.2) is 49.6 Å². The number of hydrogen-bond donors (Lipinski definition) is 1. The Balaban J connectivity index is 4.17. The third kappa shape index (κ3) is 6.19. The summed E-state index contributed by atoms with van der Waals surface area (Å²) >= 11 is 0. The van der Waals surface area contributed by atoms with Gasteiger partial charge in [-0.25, -0.2) is 0 Å². The molecule has 0 saturated carbocycles. The van der Waals surface area contributed by atoms with Crippen LogP contribution >= 0.6 is 0 Å². The summed E-state index contributed by atoms with van der Waals surface area (Å²) in [5.74, 6) is -0.470. The van der Waals surface area contributed by atoms with Crippen LogP contribution in [0.5, 0.6) is 0 Å². The second-order valence-corrected chi connectivity index (χ2v) is 3.67. The third-order valence-electron chi connectivity index (χ3n) is 2.08. The van der Waals surface area contributed by atoms with Gasteiger partial charge in [-0.1, -0.05) is 6.08 Å². The lowest BCUT2D eigenvalue weighted by atomic mass is 10.3.